The first-order valence-corrected chi connectivity index (χ1v) is 14.5. The van der Waals surface area contributed by atoms with E-state index < -0.39 is 0 Å². The predicted molar refractivity (Wildman–Crippen MR) is 176 cm³/mol. The monoisotopic (exact) mass is 558 g/mol. The van der Waals surface area contributed by atoms with Crippen LogP contribution in [0.4, 0.5) is 0 Å². The number of imidazole rings is 1. The molecule has 5 aromatic carbocycles. The quantitative estimate of drug-likeness (QED) is 0.206. The molecule has 2 heterocycles. The van der Waals surface area contributed by atoms with Gasteiger partial charge in [-0.05, 0) is 35.7 Å². The molecule has 0 amide bonds. The summed E-state index contributed by atoms with van der Waals surface area (Å²) < 4.78 is 3.57. The van der Waals surface area contributed by atoms with Crippen molar-refractivity contribution in [2.24, 2.45) is 7.05 Å². The third kappa shape index (κ3) is 4.85. The summed E-state index contributed by atoms with van der Waals surface area (Å²) in [6.07, 6.45) is 0. The Hall–Kier alpha value is -5.55. The van der Waals surface area contributed by atoms with Gasteiger partial charge in [0.15, 0.2) is 5.82 Å². The lowest BCUT2D eigenvalue weighted by molar-refractivity contribution is 0.712. The van der Waals surface area contributed by atoms with Gasteiger partial charge in [-0.15, -0.1) is 0 Å². The van der Waals surface area contributed by atoms with Crippen molar-refractivity contribution in [1.82, 2.24) is 19.1 Å². The maximum absolute atomic E-state index is 12.8. The molecule has 0 N–H and O–H groups in total. The number of rotatable bonds is 6. The largest absolute Gasteiger partial charge is 0.328 e. The molecule has 0 unspecified atom stereocenters. The van der Waals surface area contributed by atoms with Crippen LogP contribution in [0.1, 0.15) is 6.92 Å². The van der Waals surface area contributed by atoms with Gasteiger partial charge < -0.3 is 0 Å². The van der Waals surface area contributed by atoms with Gasteiger partial charge in [0.05, 0.1) is 22.4 Å². The molecule has 7 aromatic rings. The number of benzene rings is 5. The summed E-state index contributed by atoms with van der Waals surface area (Å²) in [5, 5.41) is 0. The number of hydrogen-bond acceptors (Lipinski definition) is 3. The van der Waals surface area contributed by atoms with Crippen molar-refractivity contribution < 1.29 is 0 Å². The van der Waals surface area contributed by atoms with Gasteiger partial charge in [-0.25, -0.2) is 14.8 Å². The highest BCUT2D eigenvalue weighted by molar-refractivity contribution is 5.93. The van der Waals surface area contributed by atoms with E-state index in [4.69, 9.17) is 9.97 Å². The summed E-state index contributed by atoms with van der Waals surface area (Å²) in [4.78, 5) is 22.6. The third-order valence-corrected chi connectivity index (χ3v) is 8.01. The zero-order valence-corrected chi connectivity index (χ0v) is 24.1. The molecule has 0 atom stereocenters. The second-order valence-electron chi connectivity index (χ2n) is 10.6. The molecule has 0 saturated carbocycles. The van der Waals surface area contributed by atoms with Gasteiger partial charge in [0.1, 0.15) is 0 Å². The minimum absolute atomic E-state index is 0.0112. The summed E-state index contributed by atoms with van der Waals surface area (Å²) >= 11 is 0. The van der Waals surface area contributed by atoms with Crippen molar-refractivity contribution in [3.05, 3.63) is 144 Å². The number of hydrogen-bond donors (Lipinski definition) is 0. The Kier molecular flexibility index (Phi) is 6.76. The Morgan fingerprint density at radius 3 is 1.65 bits per heavy atom. The third-order valence-electron chi connectivity index (χ3n) is 8.01. The van der Waals surface area contributed by atoms with Gasteiger partial charge in [0.2, 0.25) is 0 Å². The molecular formula is C38H30N4O. The van der Waals surface area contributed by atoms with E-state index in [1.54, 1.807) is 4.57 Å². The summed E-state index contributed by atoms with van der Waals surface area (Å²) in [6, 6.07) is 45.6. The first kappa shape index (κ1) is 26.4. The zero-order valence-electron chi connectivity index (χ0n) is 24.1. The average molecular weight is 559 g/mol. The molecule has 5 nitrogen and oxygen atoms in total. The minimum Gasteiger partial charge on any atom is -0.294 e. The number of para-hydroxylation sites is 1. The molecule has 43 heavy (non-hydrogen) atoms. The molecule has 0 bridgehead atoms. The van der Waals surface area contributed by atoms with Crippen molar-refractivity contribution in [2.45, 2.75) is 13.5 Å². The fourth-order valence-corrected chi connectivity index (χ4v) is 5.76. The van der Waals surface area contributed by atoms with Gasteiger partial charge in [0, 0.05) is 35.8 Å². The van der Waals surface area contributed by atoms with Gasteiger partial charge in [-0.3, -0.25) is 9.13 Å². The summed E-state index contributed by atoms with van der Waals surface area (Å²) in [5.74, 6) is 0.707. The van der Waals surface area contributed by atoms with Gasteiger partial charge in [-0.1, -0.05) is 121 Å². The van der Waals surface area contributed by atoms with Crippen molar-refractivity contribution in [3.63, 3.8) is 0 Å². The van der Waals surface area contributed by atoms with Gasteiger partial charge in [-0.2, -0.15) is 0 Å². The average Bonchev–Trinajstić information content (AvgIpc) is 3.34. The predicted octanol–water partition coefficient (Wildman–Crippen LogP) is 8.48. The number of aromatic nitrogens is 4. The molecule has 0 aliphatic carbocycles. The van der Waals surface area contributed by atoms with E-state index in [0.29, 0.717) is 12.4 Å². The molecule has 0 spiro atoms. The SMILES string of the molecule is CCn1c(=O)n(C)c2c(-c3ccc(-c4ccc(-c5cc(-c6ccccc6)nc(-c6ccccc6)n5)cc4)cc3)cccc21. The Labute approximate surface area is 250 Å². The lowest BCUT2D eigenvalue weighted by Gasteiger charge is -2.10. The highest BCUT2D eigenvalue weighted by atomic mass is 16.1. The number of fused-ring (bicyclic) bond motifs is 1. The number of nitrogens with zero attached hydrogens (tertiary/aromatic N) is 4. The maximum Gasteiger partial charge on any atom is 0.328 e. The summed E-state index contributed by atoms with van der Waals surface area (Å²) in [6.45, 7) is 2.65. The minimum atomic E-state index is 0.0112. The first-order chi connectivity index (χ1) is 21.1. The van der Waals surface area contributed by atoms with Crippen molar-refractivity contribution >= 4 is 11.0 Å². The van der Waals surface area contributed by atoms with Crippen LogP contribution in [0.25, 0.3) is 67.2 Å². The highest BCUT2D eigenvalue weighted by Crippen LogP contribution is 2.32. The lowest BCUT2D eigenvalue weighted by atomic mass is 9.98. The molecule has 0 aliphatic heterocycles. The zero-order chi connectivity index (χ0) is 29.3. The van der Waals surface area contributed by atoms with E-state index in [0.717, 1.165) is 61.4 Å². The molecule has 0 fully saturated rings. The molecule has 2 aromatic heterocycles. The van der Waals surface area contributed by atoms with E-state index >= 15 is 0 Å². The molecule has 7 rings (SSSR count). The van der Waals surface area contributed by atoms with Crippen LogP contribution in [-0.4, -0.2) is 19.1 Å². The van der Waals surface area contributed by atoms with Gasteiger partial charge in [0.25, 0.3) is 0 Å². The van der Waals surface area contributed by atoms with Crippen molar-refractivity contribution in [1.29, 1.82) is 0 Å². The van der Waals surface area contributed by atoms with Crippen LogP contribution in [0.5, 0.6) is 0 Å². The van der Waals surface area contributed by atoms with E-state index in [9.17, 15) is 4.79 Å². The molecule has 208 valence electrons. The molecule has 5 heteroatoms. The normalized spacial score (nSPS) is 11.2. The summed E-state index contributed by atoms with van der Waals surface area (Å²) in [7, 11) is 1.85. The van der Waals surface area contributed by atoms with Crippen molar-refractivity contribution in [2.75, 3.05) is 0 Å². The number of aryl methyl sites for hydroxylation is 2. The van der Waals surface area contributed by atoms with E-state index in [2.05, 4.69) is 72.8 Å². The molecular weight excluding hydrogens is 528 g/mol. The van der Waals surface area contributed by atoms with Crippen LogP contribution >= 0.6 is 0 Å². The Balaban J connectivity index is 1.22. The van der Waals surface area contributed by atoms with Crippen molar-refractivity contribution in [3.8, 4) is 56.2 Å². The Morgan fingerprint density at radius 1 is 0.558 bits per heavy atom. The van der Waals surface area contributed by atoms with E-state index in [1.807, 2.05) is 79.2 Å². The maximum atomic E-state index is 12.8. The van der Waals surface area contributed by atoms with Crippen LogP contribution in [-0.2, 0) is 13.6 Å². The van der Waals surface area contributed by atoms with Crippen LogP contribution < -0.4 is 5.69 Å². The highest BCUT2D eigenvalue weighted by Gasteiger charge is 2.15. The van der Waals surface area contributed by atoms with Crippen LogP contribution in [0.3, 0.4) is 0 Å². The lowest BCUT2D eigenvalue weighted by Crippen LogP contribution is -2.21. The van der Waals surface area contributed by atoms with Crippen LogP contribution in [0.2, 0.25) is 0 Å². The van der Waals surface area contributed by atoms with Crippen LogP contribution in [0.15, 0.2) is 138 Å². The van der Waals surface area contributed by atoms with Gasteiger partial charge >= 0.3 is 5.69 Å². The molecule has 0 aliphatic rings. The van der Waals surface area contributed by atoms with E-state index in [-0.39, 0.29) is 5.69 Å². The standard InChI is InChI=1S/C38H30N4O/c1-3-42-35-16-10-15-32(36(35)41(2)38(42)43)28-21-17-26(18-22-28)27-19-23-30(24-20-27)34-25-33(29-11-6-4-7-12-29)39-37(40-34)31-13-8-5-9-14-31/h4-25H,3H2,1-2H3. The Bertz CT molecular complexity index is 2050. The smallest absolute Gasteiger partial charge is 0.294 e. The van der Waals surface area contributed by atoms with E-state index in [1.165, 1.54) is 0 Å². The second-order valence-corrected chi connectivity index (χ2v) is 10.6. The summed E-state index contributed by atoms with van der Waals surface area (Å²) in [5.41, 5.74) is 11.2. The Morgan fingerprint density at radius 2 is 1.07 bits per heavy atom. The second kappa shape index (κ2) is 11.0. The van der Waals surface area contributed by atoms with Crippen LogP contribution in [0, 0.1) is 0 Å². The fraction of sp³-hybridized carbons (Fsp3) is 0.0789. The molecule has 0 radical (unpaired) electrons. The first-order valence-electron chi connectivity index (χ1n) is 14.5. The molecule has 0 saturated heterocycles. The topological polar surface area (TPSA) is 52.7 Å². The fourth-order valence-electron chi connectivity index (χ4n) is 5.76.